The van der Waals surface area contributed by atoms with Gasteiger partial charge in [-0.05, 0) is 29.8 Å². The van der Waals surface area contributed by atoms with Gasteiger partial charge in [0.1, 0.15) is 6.26 Å². The first-order valence-corrected chi connectivity index (χ1v) is 9.84. The van der Waals surface area contributed by atoms with Gasteiger partial charge in [0.25, 0.3) is 5.91 Å². The molecule has 0 spiro atoms. The van der Waals surface area contributed by atoms with E-state index >= 15 is 0 Å². The number of benzene rings is 2. The Morgan fingerprint density at radius 3 is 2.76 bits per heavy atom. The van der Waals surface area contributed by atoms with Gasteiger partial charge in [0.05, 0.1) is 21.8 Å². The molecular formula is C21H14N2O4S2. The monoisotopic (exact) mass is 422 g/mol. The molecule has 144 valence electrons. The SMILES string of the molecule is O=C(O)c1cccc(N2C(=O)/C(=C\c3conc3Cc3ccccc3)SC2=S)c1. The zero-order valence-corrected chi connectivity index (χ0v) is 16.6. The maximum atomic E-state index is 12.9. The Bertz CT molecular complexity index is 1140. The first-order valence-electron chi connectivity index (χ1n) is 8.61. The van der Waals surface area contributed by atoms with Gasteiger partial charge in [-0.2, -0.15) is 0 Å². The minimum atomic E-state index is -1.07. The van der Waals surface area contributed by atoms with Crippen molar-refractivity contribution in [3.05, 3.63) is 88.1 Å². The predicted molar refractivity (Wildman–Crippen MR) is 115 cm³/mol. The van der Waals surface area contributed by atoms with Crippen LogP contribution in [0.1, 0.15) is 27.2 Å². The number of nitrogens with zero attached hydrogens (tertiary/aromatic N) is 2. The Morgan fingerprint density at radius 1 is 1.21 bits per heavy atom. The Labute approximate surface area is 175 Å². The standard InChI is InChI=1S/C21H14N2O4S2/c24-19-18(11-15-12-27-22-17(15)9-13-5-2-1-3-6-13)29-21(28)23(19)16-8-4-7-14(10-16)20(25)26/h1-8,10-12H,9H2,(H,25,26)/b18-11+. The van der Waals surface area contributed by atoms with Crippen LogP contribution in [0.2, 0.25) is 0 Å². The molecule has 1 amide bonds. The van der Waals surface area contributed by atoms with Crippen molar-refractivity contribution >= 4 is 51.9 Å². The van der Waals surface area contributed by atoms with Crippen molar-refractivity contribution in [1.29, 1.82) is 0 Å². The lowest BCUT2D eigenvalue weighted by Crippen LogP contribution is -2.27. The summed E-state index contributed by atoms with van der Waals surface area (Å²) in [4.78, 5) is 25.9. The van der Waals surface area contributed by atoms with Crippen LogP contribution in [0.4, 0.5) is 5.69 Å². The molecule has 4 rings (SSSR count). The summed E-state index contributed by atoms with van der Waals surface area (Å²) in [5.74, 6) is -1.38. The van der Waals surface area contributed by atoms with Crippen molar-refractivity contribution in [2.45, 2.75) is 6.42 Å². The zero-order valence-electron chi connectivity index (χ0n) is 14.9. The average molecular weight is 422 g/mol. The van der Waals surface area contributed by atoms with E-state index in [0.717, 1.165) is 17.3 Å². The number of aromatic nitrogens is 1. The summed E-state index contributed by atoms with van der Waals surface area (Å²) in [6, 6.07) is 16.0. The van der Waals surface area contributed by atoms with E-state index in [1.165, 1.54) is 23.3 Å². The zero-order chi connectivity index (χ0) is 20.4. The summed E-state index contributed by atoms with van der Waals surface area (Å²) in [6.45, 7) is 0. The van der Waals surface area contributed by atoms with E-state index in [1.807, 2.05) is 30.3 Å². The number of hydrogen-bond acceptors (Lipinski definition) is 6. The molecule has 0 aliphatic carbocycles. The first kappa shape index (κ1) is 19.1. The van der Waals surface area contributed by atoms with Gasteiger partial charge in [0.15, 0.2) is 4.32 Å². The summed E-state index contributed by atoms with van der Waals surface area (Å²) < 4.78 is 5.45. The summed E-state index contributed by atoms with van der Waals surface area (Å²) in [5, 5.41) is 13.2. The van der Waals surface area contributed by atoms with Crippen LogP contribution >= 0.6 is 24.0 Å². The lowest BCUT2D eigenvalue weighted by atomic mass is 10.1. The average Bonchev–Trinajstić information content (AvgIpc) is 3.26. The molecule has 1 aromatic heterocycles. The highest BCUT2D eigenvalue weighted by molar-refractivity contribution is 8.27. The first-order chi connectivity index (χ1) is 14.0. The molecule has 6 nitrogen and oxygen atoms in total. The number of carbonyl (C=O) groups excluding carboxylic acids is 1. The molecule has 0 atom stereocenters. The highest BCUT2D eigenvalue weighted by Crippen LogP contribution is 2.36. The molecule has 0 radical (unpaired) electrons. The topological polar surface area (TPSA) is 83.6 Å². The molecular weight excluding hydrogens is 408 g/mol. The van der Waals surface area contributed by atoms with E-state index in [0.29, 0.717) is 32.6 Å². The van der Waals surface area contributed by atoms with Crippen LogP contribution in [0.3, 0.4) is 0 Å². The second kappa shape index (κ2) is 8.02. The number of thiocarbonyl (C=S) groups is 1. The molecule has 2 heterocycles. The van der Waals surface area contributed by atoms with Gasteiger partial charge in [-0.3, -0.25) is 9.69 Å². The van der Waals surface area contributed by atoms with Gasteiger partial charge in [0, 0.05) is 12.0 Å². The fourth-order valence-electron chi connectivity index (χ4n) is 2.92. The minimum absolute atomic E-state index is 0.0877. The molecule has 0 bridgehead atoms. The lowest BCUT2D eigenvalue weighted by Gasteiger charge is -2.14. The number of anilines is 1. The minimum Gasteiger partial charge on any atom is -0.478 e. The number of amides is 1. The summed E-state index contributed by atoms with van der Waals surface area (Å²) >= 11 is 6.52. The fraction of sp³-hybridized carbons (Fsp3) is 0.0476. The highest BCUT2D eigenvalue weighted by Gasteiger charge is 2.34. The number of hydrogen-bond donors (Lipinski definition) is 1. The van der Waals surface area contributed by atoms with Crippen molar-refractivity contribution in [2.75, 3.05) is 4.90 Å². The van der Waals surface area contributed by atoms with Crippen LogP contribution in [-0.4, -0.2) is 26.5 Å². The van der Waals surface area contributed by atoms with E-state index in [2.05, 4.69) is 5.16 Å². The molecule has 1 fully saturated rings. The normalized spacial score (nSPS) is 15.3. The molecule has 1 aliphatic heterocycles. The quantitative estimate of drug-likeness (QED) is 0.483. The van der Waals surface area contributed by atoms with Crippen LogP contribution < -0.4 is 4.90 Å². The Kier molecular flexibility index (Phi) is 5.28. The molecule has 1 aliphatic rings. The number of aromatic carboxylic acids is 1. The van der Waals surface area contributed by atoms with Crippen molar-refractivity contribution in [2.24, 2.45) is 0 Å². The smallest absolute Gasteiger partial charge is 0.335 e. The predicted octanol–water partition coefficient (Wildman–Crippen LogP) is 4.37. The Morgan fingerprint density at radius 2 is 2.00 bits per heavy atom. The van der Waals surface area contributed by atoms with Gasteiger partial charge in [0.2, 0.25) is 0 Å². The lowest BCUT2D eigenvalue weighted by molar-refractivity contribution is -0.113. The molecule has 0 unspecified atom stereocenters. The van der Waals surface area contributed by atoms with Crippen molar-refractivity contribution < 1.29 is 19.2 Å². The summed E-state index contributed by atoms with van der Waals surface area (Å²) in [6.07, 6.45) is 3.77. The van der Waals surface area contributed by atoms with Gasteiger partial charge in [-0.25, -0.2) is 4.79 Å². The third-order valence-corrected chi connectivity index (χ3v) is 5.62. The van der Waals surface area contributed by atoms with Crippen molar-refractivity contribution in [3.63, 3.8) is 0 Å². The largest absolute Gasteiger partial charge is 0.478 e. The molecule has 1 N–H and O–H groups in total. The summed E-state index contributed by atoms with van der Waals surface area (Å²) in [7, 11) is 0. The van der Waals surface area contributed by atoms with Gasteiger partial charge < -0.3 is 9.63 Å². The van der Waals surface area contributed by atoms with Crippen LogP contribution in [0.25, 0.3) is 6.08 Å². The summed E-state index contributed by atoms with van der Waals surface area (Å²) in [5.41, 5.74) is 3.01. The second-order valence-electron chi connectivity index (χ2n) is 6.25. The van der Waals surface area contributed by atoms with Crippen LogP contribution in [-0.2, 0) is 11.2 Å². The van der Waals surface area contributed by atoms with Gasteiger partial charge in [-0.1, -0.05) is 65.5 Å². The number of carboxylic acid groups (broad SMARTS) is 1. The van der Waals surface area contributed by atoms with Crippen molar-refractivity contribution in [3.8, 4) is 0 Å². The second-order valence-corrected chi connectivity index (χ2v) is 7.93. The highest BCUT2D eigenvalue weighted by atomic mass is 32.2. The third kappa shape index (κ3) is 3.98. The molecule has 1 saturated heterocycles. The van der Waals surface area contributed by atoms with Crippen LogP contribution in [0, 0.1) is 0 Å². The molecule has 0 saturated carbocycles. The Hall–Kier alpha value is -3.23. The number of rotatable bonds is 5. The maximum absolute atomic E-state index is 12.9. The fourth-order valence-corrected chi connectivity index (χ4v) is 4.21. The van der Waals surface area contributed by atoms with Crippen molar-refractivity contribution in [1.82, 2.24) is 5.16 Å². The molecule has 29 heavy (non-hydrogen) atoms. The van der Waals surface area contributed by atoms with Gasteiger partial charge >= 0.3 is 5.97 Å². The van der Waals surface area contributed by atoms with Gasteiger partial charge in [-0.15, -0.1) is 0 Å². The van der Waals surface area contributed by atoms with E-state index < -0.39 is 5.97 Å². The third-order valence-electron chi connectivity index (χ3n) is 4.32. The molecule has 8 heteroatoms. The Balaban J connectivity index is 1.61. The number of carbonyl (C=O) groups is 2. The van der Waals surface area contributed by atoms with E-state index in [-0.39, 0.29) is 11.5 Å². The van der Waals surface area contributed by atoms with Crippen LogP contribution in [0.5, 0.6) is 0 Å². The number of thioether (sulfide) groups is 1. The maximum Gasteiger partial charge on any atom is 0.335 e. The van der Waals surface area contributed by atoms with E-state index in [4.69, 9.17) is 16.7 Å². The van der Waals surface area contributed by atoms with E-state index in [1.54, 1.807) is 18.2 Å². The number of carboxylic acids is 1. The molecule has 3 aromatic rings. The van der Waals surface area contributed by atoms with Crippen LogP contribution in [0.15, 0.2) is 70.3 Å². The van der Waals surface area contributed by atoms with E-state index in [9.17, 15) is 14.7 Å². The molecule has 2 aromatic carbocycles.